The summed E-state index contributed by atoms with van der Waals surface area (Å²) in [7, 11) is 0. The molecule has 3 aliphatic carbocycles. The molecular formula is C31H48N8O5. The van der Waals surface area contributed by atoms with Crippen molar-refractivity contribution in [2.24, 2.45) is 27.1 Å². The minimum Gasteiger partial charge on any atom is -0.470 e. The van der Waals surface area contributed by atoms with Crippen molar-refractivity contribution in [1.82, 2.24) is 4.90 Å². The molecule has 0 radical (unpaired) electrons. The molecule has 2 aliphatic heterocycles. The maximum absolute atomic E-state index is 14.9. The van der Waals surface area contributed by atoms with Gasteiger partial charge in [0.2, 0.25) is 0 Å². The Hall–Kier alpha value is -2.82. The van der Waals surface area contributed by atoms with E-state index < -0.39 is 11.6 Å². The summed E-state index contributed by atoms with van der Waals surface area (Å²) in [6, 6.07) is -0.183. The van der Waals surface area contributed by atoms with E-state index in [0.29, 0.717) is 51.6 Å². The van der Waals surface area contributed by atoms with Gasteiger partial charge in [-0.1, -0.05) is 28.6 Å². The fraction of sp³-hybridized carbons (Fsp3) is 0.871. The highest BCUT2D eigenvalue weighted by atomic mass is 16.5. The minimum atomic E-state index is -1.18. The van der Waals surface area contributed by atoms with Crippen LogP contribution in [0.15, 0.2) is 26.4 Å². The highest BCUT2D eigenvalue weighted by Gasteiger charge is 2.58. The Bertz CT molecular complexity index is 1150. The number of carbonyl (C=O) groups is 1. The van der Waals surface area contributed by atoms with Crippen LogP contribution in [0.1, 0.15) is 89.9 Å². The van der Waals surface area contributed by atoms with Crippen molar-refractivity contribution in [1.29, 1.82) is 0 Å². The number of nitrogens with zero attached hydrogens (tertiary/aromatic N) is 8. The molecule has 3 fully saturated rings. The first-order valence-corrected chi connectivity index (χ1v) is 16.7. The van der Waals surface area contributed by atoms with E-state index in [2.05, 4.69) is 20.1 Å². The van der Waals surface area contributed by atoms with Gasteiger partial charge in [-0.05, 0) is 99.6 Å². The standard InChI is InChI=1S/C31H48N8O5/c32-37-34-21-24-7-1-3-8-26(24)28-31(30(41)39-14-18-42-19-15-39,20-23-6-2-4-9-27(23)36-38-33)35-29(44-28)22-10-12-25(13-11-22)43-17-5-16-40/h22-23,25,27-28,40H,1-21H2/t22?,23?,25?,27?,28-,31-/m0/s1. The summed E-state index contributed by atoms with van der Waals surface area (Å²) in [6.07, 6.45) is 11.4. The first-order valence-electron chi connectivity index (χ1n) is 16.7. The Morgan fingerprint density at radius 2 is 1.82 bits per heavy atom. The highest BCUT2D eigenvalue weighted by Crippen LogP contribution is 2.47. The third-order valence-electron chi connectivity index (χ3n) is 10.2. The van der Waals surface area contributed by atoms with Crippen molar-refractivity contribution < 1.29 is 24.1 Å². The quantitative estimate of drug-likeness (QED) is 0.0963. The van der Waals surface area contributed by atoms with E-state index >= 15 is 0 Å². The molecule has 13 heteroatoms. The molecule has 2 heterocycles. The SMILES string of the molecule is [N-]=[N+]=NCC1=C([C@@H]2OC(C3CCC(OCCCO)CC3)=N[C@]2(CC2CCCCC2N=[N+]=[N-])C(=O)N2CCOCC2)CCCC1. The zero-order chi connectivity index (χ0) is 30.8. The largest absolute Gasteiger partial charge is 0.470 e. The van der Waals surface area contributed by atoms with Crippen LogP contribution in [0, 0.1) is 11.8 Å². The molecule has 44 heavy (non-hydrogen) atoms. The predicted octanol–water partition coefficient (Wildman–Crippen LogP) is 5.78. The molecule has 5 aliphatic rings. The summed E-state index contributed by atoms with van der Waals surface area (Å²) in [5.74, 6) is 0.717. The molecule has 0 aromatic carbocycles. The lowest BCUT2D eigenvalue weighted by Crippen LogP contribution is -2.58. The summed E-state index contributed by atoms with van der Waals surface area (Å²) in [5.41, 5.74) is 19.5. The number of morpholine rings is 1. The van der Waals surface area contributed by atoms with E-state index in [1.54, 1.807) is 0 Å². The van der Waals surface area contributed by atoms with Gasteiger partial charge in [-0.2, -0.15) is 0 Å². The maximum Gasteiger partial charge on any atom is 0.255 e. The molecule has 0 spiro atoms. The number of aliphatic imine (C=N–C) groups is 1. The van der Waals surface area contributed by atoms with E-state index in [1.807, 2.05) is 4.90 Å². The first-order chi connectivity index (χ1) is 21.6. The number of hydrogen-bond donors (Lipinski definition) is 1. The van der Waals surface area contributed by atoms with Crippen molar-refractivity contribution in [2.75, 3.05) is 46.1 Å². The molecule has 0 bridgehead atoms. The number of azide groups is 2. The number of amides is 1. The molecule has 242 valence electrons. The Morgan fingerprint density at radius 3 is 2.57 bits per heavy atom. The van der Waals surface area contributed by atoms with E-state index in [1.165, 1.54) is 0 Å². The summed E-state index contributed by atoms with van der Waals surface area (Å²) >= 11 is 0. The Balaban J connectivity index is 1.53. The van der Waals surface area contributed by atoms with E-state index in [-0.39, 0.29) is 43.0 Å². The molecule has 2 saturated carbocycles. The number of aliphatic hydroxyl groups is 1. The zero-order valence-corrected chi connectivity index (χ0v) is 25.9. The van der Waals surface area contributed by atoms with Crippen LogP contribution in [-0.2, 0) is 19.0 Å². The summed E-state index contributed by atoms with van der Waals surface area (Å²) in [6.45, 7) is 2.93. The van der Waals surface area contributed by atoms with Gasteiger partial charge in [0, 0.05) is 54.6 Å². The van der Waals surface area contributed by atoms with Crippen LogP contribution in [0.5, 0.6) is 0 Å². The topological polar surface area (TPSA) is 178 Å². The number of carbonyl (C=O) groups excluding carboxylic acids is 1. The molecule has 5 rings (SSSR count). The van der Waals surface area contributed by atoms with Gasteiger partial charge >= 0.3 is 0 Å². The smallest absolute Gasteiger partial charge is 0.255 e. The molecule has 1 N–H and O–H groups in total. The van der Waals surface area contributed by atoms with Crippen molar-refractivity contribution in [3.8, 4) is 0 Å². The number of rotatable bonds is 12. The van der Waals surface area contributed by atoms with Crippen LogP contribution in [-0.4, -0.2) is 91.7 Å². The molecule has 1 saturated heterocycles. The van der Waals surface area contributed by atoms with Gasteiger partial charge in [-0.15, -0.1) is 0 Å². The van der Waals surface area contributed by atoms with Gasteiger partial charge in [-0.25, -0.2) is 4.99 Å². The average Bonchev–Trinajstić information content (AvgIpc) is 3.45. The highest BCUT2D eigenvalue weighted by molar-refractivity contribution is 5.95. The third-order valence-corrected chi connectivity index (χ3v) is 10.2. The summed E-state index contributed by atoms with van der Waals surface area (Å²) in [4.78, 5) is 28.4. The number of aliphatic hydroxyl groups excluding tert-OH is 1. The van der Waals surface area contributed by atoms with Gasteiger partial charge in [0.25, 0.3) is 5.91 Å². The van der Waals surface area contributed by atoms with Crippen LogP contribution >= 0.6 is 0 Å². The van der Waals surface area contributed by atoms with Gasteiger partial charge in [0.15, 0.2) is 17.5 Å². The van der Waals surface area contributed by atoms with Crippen LogP contribution < -0.4 is 0 Å². The van der Waals surface area contributed by atoms with Gasteiger partial charge in [-0.3, -0.25) is 4.79 Å². The van der Waals surface area contributed by atoms with Crippen LogP contribution in [0.4, 0.5) is 0 Å². The second-order valence-electron chi connectivity index (χ2n) is 12.9. The molecule has 13 nitrogen and oxygen atoms in total. The molecule has 1 amide bonds. The first kappa shape index (κ1) is 32.6. The fourth-order valence-electron chi connectivity index (χ4n) is 7.93. The third kappa shape index (κ3) is 7.51. The predicted molar refractivity (Wildman–Crippen MR) is 165 cm³/mol. The van der Waals surface area contributed by atoms with Crippen LogP contribution in [0.2, 0.25) is 0 Å². The fourth-order valence-corrected chi connectivity index (χ4v) is 7.93. The molecular weight excluding hydrogens is 564 g/mol. The lowest BCUT2D eigenvalue weighted by Gasteiger charge is -2.42. The number of ether oxygens (including phenoxy) is 3. The molecule has 2 unspecified atom stereocenters. The average molecular weight is 613 g/mol. The zero-order valence-electron chi connectivity index (χ0n) is 25.9. The molecule has 4 atom stereocenters. The maximum atomic E-state index is 14.9. The summed E-state index contributed by atoms with van der Waals surface area (Å²) < 4.78 is 18.6. The van der Waals surface area contributed by atoms with Crippen molar-refractivity contribution in [3.63, 3.8) is 0 Å². The Morgan fingerprint density at radius 1 is 1.05 bits per heavy atom. The molecule has 0 aromatic heterocycles. The van der Waals surface area contributed by atoms with Crippen molar-refractivity contribution in [3.05, 3.63) is 32.0 Å². The normalized spacial score (nSPS) is 32.7. The van der Waals surface area contributed by atoms with Crippen molar-refractivity contribution in [2.45, 2.75) is 114 Å². The minimum absolute atomic E-state index is 0.0132. The van der Waals surface area contributed by atoms with Gasteiger partial charge in [0.05, 0.1) is 19.3 Å². The Labute approximate surface area is 259 Å². The second kappa shape index (κ2) is 16.0. The lowest BCUT2D eigenvalue weighted by molar-refractivity contribution is -0.144. The van der Waals surface area contributed by atoms with Crippen LogP contribution in [0.25, 0.3) is 20.9 Å². The van der Waals surface area contributed by atoms with E-state index in [4.69, 9.17) is 29.8 Å². The van der Waals surface area contributed by atoms with Gasteiger partial charge < -0.3 is 24.2 Å². The Kier molecular flexibility index (Phi) is 11.8. The lowest BCUT2D eigenvalue weighted by atomic mass is 9.71. The van der Waals surface area contributed by atoms with Crippen LogP contribution in [0.3, 0.4) is 0 Å². The second-order valence-corrected chi connectivity index (χ2v) is 12.9. The monoisotopic (exact) mass is 612 g/mol. The van der Waals surface area contributed by atoms with E-state index in [9.17, 15) is 10.3 Å². The number of hydrogen-bond acceptors (Lipinski definition) is 8. The summed E-state index contributed by atoms with van der Waals surface area (Å²) in [5, 5.41) is 17.3. The van der Waals surface area contributed by atoms with E-state index in [0.717, 1.165) is 88.2 Å². The van der Waals surface area contributed by atoms with Crippen molar-refractivity contribution >= 4 is 11.8 Å². The molecule has 0 aromatic rings. The van der Waals surface area contributed by atoms with Gasteiger partial charge in [0.1, 0.15) is 0 Å².